The minimum absolute atomic E-state index is 0.101. The number of amides is 1. The number of halogens is 1. The molecule has 33 heavy (non-hydrogen) atoms. The first-order valence-corrected chi connectivity index (χ1v) is 11.4. The van der Waals surface area contributed by atoms with Gasteiger partial charge in [-0.3, -0.25) is 14.2 Å². The van der Waals surface area contributed by atoms with Crippen molar-refractivity contribution in [1.29, 1.82) is 5.26 Å². The highest BCUT2D eigenvalue weighted by molar-refractivity contribution is 7.07. The molecule has 9 heteroatoms. The number of nitriles is 1. The number of methoxy groups -OCH3 is 1. The van der Waals surface area contributed by atoms with Gasteiger partial charge in [-0.2, -0.15) is 5.26 Å². The molecular weight excluding hydrogens is 462 g/mol. The van der Waals surface area contributed by atoms with Crippen LogP contribution in [0, 0.1) is 11.3 Å². The molecule has 1 aromatic heterocycles. The second-order valence-corrected chi connectivity index (χ2v) is 8.64. The van der Waals surface area contributed by atoms with E-state index in [9.17, 15) is 14.9 Å². The normalized spacial score (nSPS) is 15.2. The van der Waals surface area contributed by atoms with Crippen molar-refractivity contribution in [3.05, 3.63) is 78.7 Å². The van der Waals surface area contributed by atoms with Crippen LogP contribution in [0.2, 0.25) is 5.02 Å². The largest absolute Gasteiger partial charge is 0.495 e. The highest BCUT2D eigenvalue weighted by Gasteiger charge is 2.24. The Labute approximate surface area is 199 Å². The maximum absolute atomic E-state index is 13.6. The Balaban J connectivity index is 2.03. The van der Waals surface area contributed by atoms with E-state index >= 15 is 0 Å². The van der Waals surface area contributed by atoms with Crippen molar-refractivity contribution in [2.24, 2.45) is 0 Å². The lowest BCUT2D eigenvalue weighted by molar-refractivity contribution is -0.128. The van der Waals surface area contributed by atoms with Crippen molar-refractivity contribution < 1.29 is 14.3 Å². The predicted molar refractivity (Wildman–Crippen MR) is 127 cm³/mol. The first kappa shape index (κ1) is 22.8. The fraction of sp³-hybridized carbons (Fsp3) is 0.208. The molecule has 1 fully saturated rings. The summed E-state index contributed by atoms with van der Waals surface area (Å²) in [5.41, 5.74) is 0.722. The van der Waals surface area contributed by atoms with E-state index in [4.69, 9.17) is 21.1 Å². The number of carbonyl (C=O) groups excluding carboxylic acids is 1. The number of thiazole rings is 1. The van der Waals surface area contributed by atoms with Crippen LogP contribution in [-0.4, -0.2) is 48.8 Å². The number of benzene rings is 2. The molecule has 1 amide bonds. The summed E-state index contributed by atoms with van der Waals surface area (Å²) in [5.74, 6) is 0.0177. The van der Waals surface area contributed by atoms with Gasteiger partial charge in [-0.05, 0) is 35.9 Å². The molecule has 2 aromatic carbocycles. The highest BCUT2D eigenvalue weighted by Crippen LogP contribution is 2.20. The smallest absolute Gasteiger partial charge is 0.273 e. The van der Waals surface area contributed by atoms with Crippen molar-refractivity contribution in [2.75, 3.05) is 33.4 Å². The molecule has 0 aliphatic carbocycles. The molecule has 0 bridgehead atoms. The average molecular weight is 482 g/mol. The van der Waals surface area contributed by atoms with Crippen molar-refractivity contribution in [3.63, 3.8) is 0 Å². The lowest BCUT2D eigenvalue weighted by atomic mass is 10.2. The SMILES string of the molecule is COc1ccccc1-n1c(=O)/c(=C\c2cccc(Cl)c2)s/c1=C(/C#N)C(=O)N1CCOCC1. The summed E-state index contributed by atoms with van der Waals surface area (Å²) >= 11 is 7.18. The number of carbonyl (C=O) groups is 1. The van der Waals surface area contributed by atoms with E-state index < -0.39 is 5.91 Å². The summed E-state index contributed by atoms with van der Waals surface area (Å²) in [4.78, 5) is 28.4. The number of nitrogens with zero attached hydrogens (tertiary/aromatic N) is 3. The number of hydrogen-bond donors (Lipinski definition) is 0. The highest BCUT2D eigenvalue weighted by atomic mass is 35.5. The van der Waals surface area contributed by atoms with Gasteiger partial charge in [-0.15, -0.1) is 11.3 Å². The van der Waals surface area contributed by atoms with Gasteiger partial charge in [-0.25, -0.2) is 0 Å². The van der Waals surface area contributed by atoms with Gasteiger partial charge < -0.3 is 14.4 Å². The van der Waals surface area contributed by atoms with Crippen molar-refractivity contribution >= 4 is 40.5 Å². The van der Waals surface area contributed by atoms with Gasteiger partial charge in [0.05, 0.1) is 30.5 Å². The molecule has 1 aliphatic heterocycles. The zero-order chi connectivity index (χ0) is 23.4. The molecule has 1 aliphatic rings. The molecule has 0 unspecified atom stereocenters. The van der Waals surface area contributed by atoms with E-state index in [-0.39, 0.29) is 15.8 Å². The Morgan fingerprint density at radius 1 is 1.21 bits per heavy atom. The van der Waals surface area contributed by atoms with Crippen molar-refractivity contribution in [1.82, 2.24) is 9.47 Å². The molecule has 0 spiro atoms. The Hall–Kier alpha value is -3.38. The van der Waals surface area contributed by atoms with Gasteiger partial charge in [0.15, 0.2) is 5.57 Å². The molecule has 0 atom stereocenters. The summed E-state index contributed by atoms with van der Waals surface area (Å²) in [6.45, 7) is 1.58. The molecule has 1 saturated heterocycles. The number of ether oxygens (including phenoxy) is 2. The topological polar surface area (TPSA) is 84.6 Å². The molecule has 4 rings (SSSR count). The Morgan fingerprint density at radius 3 is 2.67 bits per heavy atom. The fourth-order valence-electron chi connectivity index (χ4n) is 3.54. The van der Waals surface area contributed by atoms with Gasteiger partial charge in [0.25, 0.3) is 11.5 Å². The van der Waals surface area contributed by atoms with Crippen LogP contribution in [0.5, 0.6) is 5.75 Å². The summed E-state index contributed by atoms with van der Waals surface area (Å²) in [7, 11) is 1.50. The summed E-state index contributed by atoms with van der Waals surface area (Å²) in [6.07, 6.45) is 1.70. The minimum atomic E-state index is -0.431. The third-order valence-electron chi connectivity index (χ3n) is 5.13. The quantitative estimate of drug-likeness (QED) is 0.568. The number of rotatable bonds is 4. The molecule has 3 aromatic rings. The first-order chi connectivity index (χ1) is 16.0. The maximum Gasteiger partial charge on any atom is 0.273 e. The molecule has 0 saturated carbocycles. The molecule has 168 valence electrons. The van der Waals surface area contributed by atoms with E-state index in [0.29, 0.717) is 47.3 Å². The molecule has 0 radical (unpaired) electrons. The fourth-order valence-corrected chi connectivity index (χ4v) is 4.83. The van der Waals surface area contributed by atoms with Gasteiger partial charge >= 0.3 is 0 Å². The van der Waals surface area contributed by atoms with Crippen LogP contribution in [0.3, 0.4) is 0 Å². The lowest BCUT2D eigenvalue weighted by Gasteiger charge is -2.26. The van der Waals surface area contributed by atoms with Crippen molar-refractivity contribution in [2.45, 2.75) is 0 Å². The molecular formula is C24H20ClN3O4S. The van der Waals surface area contributed by atoms with Gasteiger partial charge in [0, 0.05) is 18.1 Å². The zero-order valence-electron chi connectivity index (χ0n) is 17.8. The van der Waals surface area contributed by atoms with E-state index in [1.807, 2.05) is 12.1 Å². The zero-order valence-corrected chi connectivity index (χ0v) is 19.4. The number of morpholine rings is 1. The summed E-state index contributed by atoms with van der Waals surface area (Å²) in [5, 5.41) is 10.5. The second kappa shape index (κ2) is 10.0. The molecule has 0 N–H and O–H groups in total. The van der Waals surface area contributed by atoms with Gasteiger partial charge in [0.1, 0.15) is 16.5 Å². The van der Waals surface area contributed by atoms with Crippen LogP contribution in [0.1, 0.15) is 5.56 Å². The third kappa shape index (κ3) is 4.71. The summed E-state index contributed by atoms with van der Waals surface area (Å²) in [6, 6.07) is 16.1. The Morgan fingerprint density at radius 2 is 1.97 bits per heavy atom. The standard InChI is InChI=1S/C24H20ClN3O4S/c1-31-20-8-3-2-7-19(20)28-23(30)21(14-16-5-4-6-17(25)13-16)33-24(28)18(15-26)22(29)27-9-11-32-12-10-27/h2-8,13-14H,9-12H2,1H3/b21-14+,24-18-. The minimum Gasteiger partial charge on any atom is -0.495 e. The molecule has 7 nitrogen and oxygen atoms in total. The number of aromatic nitrogens is 1. The predicted octanol–water partition coefficient (Wildman–Crippen LogP) is 1.92. The third-order valence-corrected chi connectivity index (χ3v) is 6.46. The van der Waals surface area contributed by atoms with Crippen molar-refractivity contribution in [3.8, 4) is 17.5 Å². The summed E-state index contributed by atoms with van der Waals surface area (Å²) < 4.78 is 12.8. The van der Waals surface area contributed by atoms with Crippen LogP contribution in [0.15, 0.2) is 53.3 Å². The monoisotopic (exact) mass is 481 g/mol. The second-order valence-electron chi connectivity index (χ2n) is 7.17. The molecule has 2 heterocycles. The average Bonchev–Trinajstić information content (AvgIpc) is 3.15. The van der Waals surface area contributed by atoms with E-state index in [2.05, 4.69) is 0 Å². The Kier molecular flexibility index (Phi) is 6.94. The van der Waals surface area contributed by atoms with Crippen LogP contribution in [0.4, 0.5) is 0 Å². The van der Waals surface area contributed by atoms with E-state index in [1.54, 1.807) is 53.4 Å². The van der Waals surface area contributed by atoms with Gasteiger partial charge in [-0.1, -0.05) is 35.9 Å². The van der Waals surface area contributed by atoms with Crippen LogP contribution in [0.25, 0.3) is 17.3 Å². The van der Waals surface area contributed by atoms with E-state index in [1.165, 1.54) is 11.7 Å². The number of hydrogen-bond acceptors (Lipinski definition) is 6. The van der Waals surface area contributed by atoms with Gasteiger partial charge in [0.2, 0.25) is 0 Å². The van der Waals surface area contributed by atoms with Crippen LogP contribution < -0.4 is 19.5 Å². The maximum atomic E-state index is 13.6. The number of para-hydroxylation sites is 2. The van der Waals surface area contributed by atoms with Crippen LogP contribution >= 0.6 is 22.9 Å². The first-order valence-electron chi connectivity index (χ1n) is 10.2. The van der Waals surface area contributed by atoms with E-state index in [0.717, 1.165) is 16.9 Å². The lowest BCUT2D eigenvalue weighted by Crippen LogP contribution is -2.42. The van der Waals surface area contributed by atoms with Crippen LogP contribution in [-0.2, 0) is 9.53 Å². The Bertz CT molecular complexity index is 1410.